The molecule has 1 atom stereocenters. The van der Waals surface area contributed by atoms with Crippen molar-refractivity contribution in [3.8, 4) is 11.5 Å². The first kappa shape index (κ1) is 18.5. The molecule has 6 nitrogen and oxygen atoms in total. The zero-order valence-corrected chi connectivity index (χ0v) is 14.8. The van der Waals surface area contributed by atoms with Gasteiger partial charge in [0.05, 0.1) is 25.3 Å². The minimum Gasteiger partial charge on any atom is -0.493 e. The molecule has 2 aromatic rings. The van der Waals surface area contributed by atoms with Crippen LogP contribution in [0.1, 0.15) is 11.7 Å². The highest BCUT2D eigenvalue weighted by Gasteiger charge is 2.20. The lowest BCUT2D eigenvalue weighted by Crippen LogP contribution is -2.28. The lowest BCUT2D eigenvalue weighted by atomic mass is 10.1. The molecule has 0 heterocycles. The average Bonchev–Trinajstić information content (AvgIpc) is 2.59. The summed E-state index contributed by atoms with van der Waals surface area (Å²) in [5.41, 5.74) is 0.495. The Morgan fingerprint density at radius 1 is 1.12 bits per heavy atom. The molecule has 0 bridgehead atoms. The first-order valence-corrected chi connectivity index (χ1v) is 8.89. The highest BCUT2D eigenvalue weighted by atomic mass is 35.5. The van der Waals surface area contributed by atoms with Crippen LogP contribution in [0.25, 0.3) is 0 Å². The van der Waals surface area contributed by atoms with Gasteiger partial charge in [-0.25, -0.2) is 13.1 Å². The van der Waals surface area contributed by atoms with Crippen molar-refractivity contribution in [2.75, 3.05) is 20.8 Å². The molecule has 130 valence electrons. The van der Waals surface area contributed by atoms with Crippen LogP contribution in [-0.2, 0) is 10.0 Å². The number of hydrogen-bond acceptors (Lipinski definition) is 5. The molecule has 2 aromatic carbocycles. The number of sulfonamides is 1. The van der Waals surface area contributed by atoms with Crippen molar-refractivity contribution in [3.05, 3.63) is 53.1 Å². The topological polar surface area (TPSA) is 84.9 Å². The number of halogens is 1. The van der Waals surface area contributed by atoms with Crippen LogP contribution in [0.2, 0.25) is 5.02 Å². The fraction of sp³-hybridized carbons (Fsp3) is 0.250. The van der Waals surface area contributed by atoms with Crippen LogP contribution < -0.4 is 14.2 Å². The lowest BCUT2D eigenvalue weighted by Gasteiger charge is -2.15. The smallest absolute Gasteiger partial charge is 0.242 e. The quantitative estimate of drug-likeness (QED) is 0.780. The van der Waals surface area contributed by atoms with Gasteiger partial charge in [0, 0.05) is 6.54 Å². The molecule has 0 fully saturated rings. The van der Waals surface area contributed by atoms with Gasteiger partial charge in [0.25, 0.3) is 0 Å². The second-order valence-electron chi connectivity index (χ2n) is 4.91. The van der Waals surface area contributed by atoms with Gasteiger partial charge >= 0.3 is 0 Å². The zero-order chi connectivity index (χ0) is 17.7. The highest BCUT2D eigenvalue weighted by Crippen LogP contribution is 2.30. The van der Waals surface area contributed by atoms with Gasteiger partial charge in [-0.05, 0) is 29.8 Å². The summed E-state index contributed by atoms with van der Waals surface area (Å²) >= 11 is 5.90. The van der Waals surface area contributed by atoms with Crippen LogP contribution in [0, 0.1) is 0 Å². The number of aliphatic hydroxyl groups excluding tert-OH is 1. The number of methoxy groups -OCH3 is 2. The van der Waals surface area contributed by atoms with Crippen LogP contribution in [0.3, 0.4) is 0 Å². The molecular formula is C16H18ClNO5S. The van der Waals surface area contributed by atoms with E-state index in [1.54, 1.807) is 30.3 Å². The summed E-state index contributed by atoms with van der Waals surface area (Å²) in [6.07, 6.45) is -1.05. The molecule has 0 aliphatic rings. The first-order chi connectivity index (χ1) is 11.4. The third-order valence-electron chi connectivity index (χ3n) is 3.39. The predicted octanol–water partition coefficient (Wildman–Crippen LogP) is 2.37. The van der Waals surface area contributed by atoms with E-state index in [2.05, 4.69) is 4.72 Å². The molecule has 0 aromatic heterocycles. The first-order valence-electron chi connectivity index (χ1n) is 7.03. The van der Waals surface area contributed by atoms with Crippen LogP contribution in [0.4, 0.5) is 0 Å². The Morgan fingerprint density at radius 2 is 1.79 bits per heavy atom. The second-order valence-corrected chi connectivity index (χ2v) is 7.06. The Hall–Kier alpha value is -1.80. The van der Waals surface area contributed by atoms with E-state index in [-0.39, 0.29) is 16.5 Å². The number of nitrogens with one attached hydrogen (secondary N) is 1. The summed E-state index contributed by atoms with van der Waals surface area (Å²) in [5.74, 6) is 0.966. The Morgan fingerprint density at radius 3 is 2.42 bits per heavy atom. The van der Waals surface area contributed by atoms with Gasteiger partial charge in [-0.3, -0.25) is 0 Å². The third kappa shape index (κ3) is 4.18. The Balaban J connectivity index is 2.13. The highest BCUT2D eigenvalue weighted by molar-refractivity contribution is 7.89. The Labute approximate surface area is 146 Å². The van der Waals surface area contributed by atoms with Crippen LogP contribution in [0.15, 0.2) is 47.4 Å². The maximum atomic E-state index is 12.3. The van der Waals surface area contributed by atoms with Crippen molar-refractivity contribution in [2.45, 2.75) is 11.0 Å². The molecule has 2 rings (SSSR count). The van der Waals surface area contributed by atoms with Crippen LogP contribution >= 0.6 is 11.6 Å². The number of ether oxygens (including phenoxy) is 2. The molecule has 0 saturated heterocycles. The summed E-state index contributed by atoms with van der Waals surface area (Å²) in [6.45, 7) is -0.205. The Kier molecular flexibility index (Phi) is 6.06. The van der Waals surface area contributed by atoms with Gasteiger partial charge in [0.1, 0.15) is 4.90 Å². The molecule has 0 spiro atoms. The van der Waals surface area contributed by atoms with E-state index in [1.807, 2.05) is 0 Å². The van der Waals surface area contributed by atoms with Crippen molar-refractivity contribution < 1.29 is 23.0 Å². The molecule has 0 saturated carbocycles. The van der Waals surface area contributed by atoms with E-state index >= 15 is 0 Å². The van der Waals surface area contributed by atoms with Crippen LogP contribution in [-0.4, -0.2) is 34.3 Å². The maximum absolute atomic E-state index is 12.3. The summed E-state index contributed by atoms with van der Waals surface area (Å²) in [5, 5.41) is 10.3. The summed E-state index contributed by atoms with van der Waals surface area (Å²) in [6, 6.07) is 11.0. The molecule has 0 unspecified atom stereocenters. The van der Waals surface area contributed by atoms with E-state index in [0.717, 1.165) is 0 Å². The van der Waals surface area contributed by atoms with Crippen LogP contribution in [0.5, 0.6) is 11.5 Å². The van der Waals surface area contributed by atoms with Gasteiger partial charge in [0.15, 0.2) is 11.5 Å². The van der Waals surface area contributed by atoms with E-state index in [0.29, 0.717) is 17.1 Å². The number of benzene rings is 2. The monoisotopic (exact) mass is 371 g/mol. The molecule has 2 N–H and O–H groups in total. The molecule has 24 heavy (non-hydrogen) atoms. The summed E-state index contributed by atoms with van der Waals surface area (Å²) < 4.78 is 37.2. The van der Waals surface area contributed by atoms with Crippen molar-refractivity contribution >= 4 is 21.6 Å². The molecule has 0 radical (unpaired) electrons. The van der Waals surface area contributed by atoms with Crippen molar-refractivity contribution in [2.24, 2.45) is 0 Å². The van der Waals surface area contributed by atoms with Gasteiger partial charge in [-0.1, -0.05) is 29.8 Å². The van der Waals surface area contributed by atoms with Crippen molar-refractivity contribution in [3.63, 3.8) is 0 Å². The molecule has 0 aliphatic carbocycles. The summed E-state index contributed by atoms with van der Waals surface area (Å²) in [4.78, 5) is -0.0359. The fourth-order valence-corrected chi connectivity index (χ4v) is 3.66. The molecular weight excluding hydrogens is 354 g/mol. The zero-order valence-electron chi connectivity index (χ0n) is 13.2. The molecule has 0 amide bonds. The minimum absolute atomic E-state index is 0.0359. The average molecular weight is 372 g/mol. The van der Waals surface area contributed by atoms with E-state index in [1.165, 1.54) is 26.4 Å². The van der Waals surface area contributed by atoms with Crippen molar-refractivity contribution in [1.29, 1.82) is 0 Å². The van der Waals surface area contributed by atoms with E-state index < -0.39 is 16.1 Å². The van der Waals surface area contributed by atoms with Gasteiger partial charge < -0.3 is 14.6 Å². The third-order valence-corrected chi connectivity index (χ3v) is 5.31. The predicted molar refractivity (Wildman–Crippen MR) is 91.1 cm³/mol. The number of aliphatic hydroxyl groups is 1. The van der Waals surface area contributed by atoms with E-state index in [9.17, 15) is 13.5 Å². The Bertz CT molecular complexity index is 810. The number of rotatable bonds is 7. The largest absolute Gasteiger partial charge is 0.493 e. The lowest BCUT2D eigenvalue weighted by molar-refractivity contribution is 0.181. The van der Waals surface area contributed by atoms with E-state index in [4.69, 9.17) is 21.1 Å². The minimum atomic E-state index is -3.82. The SMILES string of the molecule is COc1ccc([C@H](O)CNS(=O)(=O)c2ccccc2Cl)cc1OC. The normalized spacial score (nSPS) is 12.7. The maximum Gasteiger partial charge on any atom is 0.242 e. The fourth-order valence-electron chi connectivity index (χ4n) is 2.11. The molecule has 8 heteroatoms. The summed E-state index contributed by atoms with van der Waals surface area (Å²) in [7, 11) is -0.834. The van der Waals surface area contributed by atoms with Crippen molar-refractivity contribution in [1.82, 2.24) is 4.72 Å². The number of hydrogen-bond donors (Lipinski definition) is 2. The van der Waals surface area contributed by atoms with Gasteiger partial charge in [-0.2, -0.15) is 0 Å². The van der Waals surface area contributed by atoms with Gasteiger partial charge in [-0.15, -0.1) is 0 Å². The standard InChI is InChI=1S/C16H18ClNO5S/c1-22-14-8-7-11(9-15(14)23-2)13(19)10-18-24(20,21)16-6-4-3-5-12(16)17/h3-9,13,18-19H,10H2,1-2H3/t13-/m1/s1. The van der Waals surface area contributed by atoms with Gasteiger partial charge in [0.2, 0.25) is 10.0 Å². The second kappa shape index (κ2) is 7.85. The molecule has 0 aliphatic heterocycles.